The summed E-state index contributed by atoms with van der Waals surface area (Å²) in [5.41, 5.74) is 1.58. The minimum Gasteiger partial charge on any atom is -0.286 e. The first-order chi connectivity index (χ1) is 14.1. The van der Waals surface area contributed by atoms with Gasteiger partial charge in [0.1, 0.15) is 6.67 Å². The molecule has 2 saturated carbocycles. The summed E-state index contributed by atoms with van der Waals surface area (Å²) in [6.07, 6.45) is -0.135. The maximum Gasteiger partial charge on any atom is 0.471 e. The van der Waals surface area contributed by atoms with Gasteiger partial charge in [-0.05, 0) is 67.2 Å². The van der Waals surface area contributed by atoms with E-state index in [0.29, 0.717) is 22.3 Å². The summed E-state index contributed by atoms with van der Waals surface area (Å²) in [5.74, 6) is -3.31. The molecule has 0 N–H and O–H groups in total. The SMILES string of the molecule is Cc1ccc(N(CN2C(=O)C3C4C=CC(C5CC45)C3C2=O)C(=O)C(F)(F)F)cc1C. The Morgan fingerprint density at radius 3 is 2.10 bits per heavy atom. The number of aryl methyl sites for hydroxylation is 2. The molecule has 1 aliphatic heterocycles. The van der Waals surface area contributed by atoms with Crippen molar-refractivity contribution in [3.63, 3.8) is 0 Å². The van der Waals surface area contributed by atoms with Crippen LogP contribution in [0.25, 0.3) is 0 Å². The maximum atomic E-state index is 13.3. The minimum atomic E-state index is -5.13. The van der Waals surface area contributed by atoms with E-state index in [-0.39, 0.29) is 17.5 Å². The number of alkyl halides is 3. The highest BCUT2D eigenvalue weighted by atomic mass is 19.4. The maximum absolute atomic E-state index is 13.3. The highest BCUT2D eigenvalue weighted by Gasteiger charge is 2.67. The smallest absolute Gasteiger partial charge is 0.286 e. The number of anilines is 1. The van der Waals surface area contributed by atoms with Gasteiger partial charge in [-0.3, -0.25) is 24.2 Å². The van der Waals surface area contributed by atoms with E-state index in [1.165, 1.54) is 12.1 Å². The first-order valence-electron chi connectivity index (χ1n) is 10.1. The van der Waals surface area contributed by atoms with Gasteiger partial charge in [-0.15, -0.1) is 0 Å². The highest BCUT2D eigenvalue weighted by molar-refractivity contribution is 6.07. The van der Waals surface area contributed by atoms with E-state index >= 15 is 0 Å². The van der Waals surface area contributed by atoms with E-state index in [4.69, 9.17) is 0 Å². The fraction of sp³-hybridized carbons (Fsp3) is 0.500. The van der Waals surface area contributed by atoms with Gasteiger partial charge in [-0.25, -0.2) is 0 Å². The molecule has 4 aliphatic carbocycles. The third-order valence-corrected chi connectivity index (χ3v) is 7.33. The third kappa shape index (κ3) is 2.65. The fourth-order valence-corrected chi connectivity index (χ4v) is 5.61. The van der Waals surface area contributed by atoms with Gasteiger partial charge in [0.15, 0.2) is 0 Å². The van der Waals surface area contributed by atoms with Crippen LogP contribution in [0.3, 0.4) is 0 Å². The molecule has 1 saturated heterocycles. The molecule has 0 spiro atoms. The predicted molar refractivity (Wildman–Crippen MR) is 101 cm³/mol. The summed E-state index contributed by atoms with van der Waals surface area (Å²) in [4.78, 5) is 39.8. The zero-order valence-corrected chi connectivity index (χ0v) is 16.5. The molecule has 5 nitrogen and oxygen atoms in total. The number of carbonyl (C=O) groups excluding carboxylic acids is 3. The van der Waals surface area contributed by atoms with Gasteiger partial charge in [0.2, 0.25) is 11.8 Å². The minimum absolute atomic E-state index is 0.0137. The molecule has 8 heteroatoms. The van der Waals surface area contributed by atoms with E-state index in [1.807, 2.05) is 12.2 Å². The highest BCUT2D eigenvalue weighted by Crippen LogP contribution is 2.65. The largest absolute Gasteiger partial charge is 0.471 e. The lowest BCUT2D eigenvalue weighted by molar-refractivity contribution is -0.171. The molecular weight excluding hydrogens is 397 g/mol. The molecule has 158 valence electrons. The number of benzene rings is 1. The average molecular weight is 418 g/mol. The number of hydrogen-bond donors (Lipinski definition) is 0. The first kappa shape index (κ1) is 19.3. The summed E-state index contributed by atoms with van der Waals surface area (Å²) < 4.78 is 40.0. The van der Waals surface area contributed by atoms with Crippen LogP contribution in [0.4, 0.5) is 18.9 Å². The van der Waals surface area contributed by atoms with Gasteiger partial charge in [-0.1, -0.05) is 18.2 Å². The van der Waals surface area contributed by atoms with E-state index < -0.39 is 42.4 Å². The number of allylic oxidation sites excluding steroid dienone is 2. The zero-order valence-electron chi connectivity index (χ0n) is 16.5. The third-order valence-electron chi connectivity index (χ3n) is 7.33. The Hall–Kier alpha value is -2.64. The average Bonchev–Trinajstić information content (AvgIpc) is 3.47. The summed E-state index contributed by atoms with van der Waals surface area (Å²) in [7, 11) is 0. The van der Waals surface area contributed by atoms with Crippen LogP contribution < -0.4 is 4.90 Å². The van der Waals surface area contributed by atoms with Crippen LogP contribution >= 0.6 is 0 Å². The van der Waals surface area contributed by atoms with Crippen LogP contribution in [0.1, 0.15) is 17.5 Å². The van der Waals surface area contributed by atoms with E-state index in [0.717, 1.165) is 16.9 Å². The van der Waals surface area contributed by atoms with Crippen molar-refractivity contribution in [1.29, 1.82) is 0 Å². The van der Waals surface area contributed by atoms with Gasteiger partial charge >= 0.3 is 12.1 Å². The molecule has 6 atom stereocenters. The second-order valence-electron chi connectivity index (χ2n) is 8.90. The molecule has 1 aromatic rings. The Morgan fingerprint density at radius 2 is 1.60 bits per heavy atom. The van der Waals surface area contributed by atoms with Crippen LogP contribution in [-0.2, 0) is 14.4 Å². The quantitative estimate of drug-likeness (QED) is 0.560. The van der Waals surface area contributed by atoms with Crippen molar-refractivity contribution < 1.29 is 27.6 Å². The lowest BCUT2D eigenvalue weighted by Crippen LogP contribution is -2.49. The number of rotatable bonds is 3. The molecule has 1 heterocycles. The molecule has 6 rings (SSSR count). The van der Waals surface area contributed by atoms with Crippen molar-refractivity contribution in [2.45, 2.75) is 26.4 Å². The number of likely N-dealkylation sites (tertiary alicyclic amines) is 1. The molecule has 1 aromatic carbocycles. The van der Waals surface area contributed by atoms with Crippen LogP contribution in [0.15, 0.2) is 30.4 Å². The zero-order chi connectivity index (χ0) is 21.5. The molecule has 5 aliphatic rings. The Balaban J connectivity index is 1.48. The Labute approximate surface area is 171 Å². The van der Waals surface area contributed by atoms with Crippen LogP contribution in [0, 0.1) is 49.4 Å². The summed E-state index contributed by atoms with van der Waals surface area (Å²) in [6.45, 7) is 2.81. The first-order valence-corrected chi connectivity index (χ1v) is 10.1. The monoisotopic (exact) mass is 418 g/mol. The second-order valence-corrected chi connectivity index (χ2v) is 8.90. The summed E-state index contributed by atoms with van der Waals surface area (Å²) >= 11 is 0. The van der Waals surface area contributed by atoms with Crippen LogP contribution in [0.5, 0.6) is 0 Å². The molecule has 3 amide bonds. The number of nitrogens with zero attached hydrogens (tertiary/aromatic N) is 2. The molecular formula is C22H21F3N2O3. The fourth-order valence-electron chi connectivity index (χ4n) is 5.61. The normalized spacial score (nSPS) is 33.6. The van der Waals surface area contributed by atoms with Crippen molar-refractivity contribution >= 4 is 23.4 Å². The number of carbonyl (C=O) groups is 3. The topological polar surface area (TPSA) is 57.7 Å². The Kier molecular flexibility index (Phi) is 3.98. The van der Waals surface area contributed by atoms with Crippen LogP contribution in [0.2, 0.25) is 0 Å². The number of imide groups is 1. The second kappa shape index (κ2) is 6.18. The standard InChI is InChI=1S/C22H21F3N2O3/c1-10-3-4-12(7-11(10)2)26(21(30)22(23,24)25)9-27-19(28)17-13-5-6-14(16-8-15(13)16)18(17)20(27)29/h3-7,13-18H,8-9H2,1-2H3. The molecule has 0 aromatic heterocycles. The predicted octanol–water partition coefficient (Wildman–Crippen LogP) is 3.21. The van der Waals surface area contributed by atoms with Crippen molar-refractivity contribution in [3.05, 3.63) is 41.5 Å². The molecule has 2 bridgehead atoms. The van der Waals surface area contributed by atoms with E-state index in [2.05, 4.69) is 0 Å². The van der Waals surface area contributed by atoms with Crippen molar-refractivity contribution in [2.75, 3.05) is 11.6 Å². The van der Waals surface area contributed by atoms with Crippen molar-refractivity contribution in [2.24, 2.45) is 35.5 Å². The number of hydrogen-bond acceptors (Lipinski definition) is 3. The van der Waals surface area contributed by atoms with Gasteiger partial charge in [-0.2, -0.15) is 13.2 Å². The van der Waals surface area contributed by atoms with Gasteiger partial charge in [0.05, 0.1) is 11.8 Å². The lowest BCUT2D eigenvalue weighted by Gasteiger charge is -2.37. The van der Waals surface area contributed by atoms with Crippen LogP contribution in [-0.4, -0.2) is 35.5 Å². The molecule has 3 fully saturated rings. The molecule has 6 unspecified atom stereocenters. The number of amides is 3. The van der Waals surface area contributed by atoms with Crippen molar-refractivity contribution in [3.8, 4) is 0 Å². The lowest BCUT2D eigenvalue weighted by atomic mass is 9.63. The molecule has 0 radical (unpaired) electrons. The van der Waals surface area contributed by atoms with Gasteiger partial charge in [0.25, 0.3) is 0 Å². The van der Waals surface area contributed by atoms with Crippen molar-refractivity contribution in [1.82, 2.24) is 4.90 Å². The number of halogens is 3. The summed E-state index contributed by atoms with van der Waals surface area (Å²) in [6, 6.07) is 4.49. The Bertz CT molecular complexity index is 966. The summed E-state index contributed by atoms with van der Waals surface area (Å²) in [5, 5.41) is 0. The van der Waals surface area contributed by atoms with Gasteiger partial charge in [0, 0.05) is 5.69 Å². The van der Waals surface area contributed by atoms with Gasteiger partial charge < -0.3 is 0 Å². The molecule has 30 heavy (non-hydrogen) atoms. The van der Waals surface area contributed by atoms with E-state index in [9.17, 15) is 27.6 Å². The van der Waals surface area contributed by atoms with E-state index in [1.54, 1.807) is 19.9 Å². The Morgan fingerprint density at radius 1 is 1.03 bits per heavy atom.